The fourth-order valence-electron chi connectivity index (χ4n) is 4.06. The molecule has 1 fully saturated rings. The van der Waals surface area contributed by atoms with Crippen molar-refractivity contribution in [3.8, 4) is 0 Å². The Bertz CT molecular complexity index is 500. The van der Waals surface area contributed by atoms with Gasteiger partial charge in [0.05, 0.1) is 6.42 Å². The highest BCUT2D eigenvalue weighted by Gasteiger charge is 2.28. The molecule has 1 aromatic rings. The van der Waals surface area contributed by atoms with Crippen molar-refractivity contribution in [2.24, 2.45) is 0 Å². The zero-order valence-electron chi connectivity index (χ0n) is 12.6. The third-order valence-corrected chi connectivity index (χ3v) is 5.11. The standard InChI is InChI=1S/C18H25NO2/c20-18(21)12-16-9-3-4-11-19(16)13-15-8-5-7-14-6-1-2-10-17(14)15/h1-2,6,10,15-16H,3-5,7-9,11-13H2,(H,20,21). The number of rotatable bonds is 4. The van der Waals surface area contributed by atoms with Crippen LogP contribution < -0.4 is 0 Å². The van der Waals surface area contributed by atoms with Crippen LogP contribution in [-0.2, 0) is 11.2 Å². The van der Waals surface area contributed by atoms with E-state index in [-0.39, 0.29) is 6.04 Å². The molecule has 1 aliphatic carbocycles. The Hall–Kier alpha value is -1.35. The molecule has 0 bridgehead atoms. The van der Waals surface area contributed by atoms with Gasteiger partial charge in [-0.05, 0) is 55.7 Å². The van der Waals surface area contributed by atoms with E-state index in [1.54, 1.807) is 0 Å². The van der Waals surface area contributed by atoms with E-state index in [0.717, 1.165) is 19.5 Å². The van der Waals surface area contributed by atoms with Crippen LogP contribution in [0.1, 0.15) is 55.6 Å². The quantitative estimate of drug-likeness (QED) is 0.922. The fraction of sp³-hybridized carbons (Fsp3) is 0.611. The molecular formula is C18H25NO2. The summed E-state index contributed by atoms with van der Waals surface area (Å²) in [7, 11) is 0. The Kier molecular flexibility index (Phi) is 4.59. The van der Waals surface area contributed by atoms with Gasteiger partial charge in [-0.25, -0.2) is 0 Å². The third kappa shape index (κ3) is 3.46. The molecule has 1 heterocycles. The Morgan fingerprint density at radius 2 is 2.05 bits per heavy atom. The van der Waals surface area contributed by atoms with E-state index in [2.05, 4.69) is 29.2 Å². The molecule has 0 spiro atoms. The maximum atomic E-state index is 11.1. The van der Waals surface area contributed by atoms with Gasteiger partial charge in [-0.15, -0.1) is 0 Å². The predicted molar refractivity (Wildman–Crippen MR) is 83.6 cm³/mol. The van der Waals surface area contributed by atoms with Gasteiger partial charge < -0.3 is 5.11 Å². The molecule has 2 aliphatic rings. The van der Waals surface area contributed by atoms with E-state index in [4.69, 9.17) is 5.11 Å². The Labute approximate surface area is 127 Å². The molecule has 0 aromatic heterocycles. The first-order valence-corrected chi connectivity index (χ1v) is 8.27. The summed E-state index contributed by atoms with van der Waals surface area (Å²) in [6.45, 7) is 2.10. The Balaban J connectivity index is 1.72. The van der Waals surface area contributed by atoms with Gasteiger partial charge in [0.1, 0.15) is 0 Å². The summed E-state index contributed by atoms with van der Waals surface area (Å²) in [5, 5.41) is 9.12. The van der Waals surface area contributed by atoms with Gasteiger partial charge in [0.2, 0.25) is 0 Å². The maximum Gasteiger partial charge on any atom is 0.304 e. The Morgan fingerprint density at radius 3 is 2.90 bits per heavy atom. The first-order chi connectivity index (χ1) is 10.2. The summed E-state index contributed by atoms with van der Waals surface area (Å²) < 4.78 is 0. The highest BCUT2D eigenvalue weighted by molar-refractivity contribution is 5.67. The largest absolute Gasteiger partial charge is 0.481 e. The molecule has 3 nitrogen and oxygen atoms in total. The second-order valence-electron chi connectivity index (χ2n) is 6.53. The smallest absolute Gasteiger partial charge is 0.304 e. The van der Waals surface area contributed by atoms with Crippen LogP contribution in [0.3, 0.4) is 0 Å². The molecule has 21 heavy (non-hydrogen) atoms. The van der Waals surface area contributed by atoms with E-state index in [9.17, 15) is 4.79 Å². The zero-order valence-corrected chi connectivity index (χ0v) is 12.6. The normalized spacial score (nSPS) is 26.3. The predicted octanol–water partition coefficient (Wildman–Crippen LogP) is 3.44. The Morgan fingerprint density at radius 1 is 1.19 bits per heavy atom. The van der Waals surface area contributed by atoms with E-state index in [1.165, 1.54) is 43.2 Å². The summed E-state index contributed by atoms with van der Waals surface area (Å²) in [6.07, 6.45) is 7.44. The number of piperidine rings is 1. The molecule has 0 amide bonds. The first kappa shape index (κ1) is 14.6. The van der Waals surface area contributed by atoms with Crippen LogP contribution in [0.15, 0.2) is 24.3 Å². The van der Waals surface area contributed by atoms with Crippen LogP contribution >= 0.6 is 0 Å². The van der Waals surface area contributed by atoms with E-state index >= 15 is 0 Å². The number of carbonyl (C=O) groups is 1. The molecule has 114 valence electrons. The molecule has 3 heteroatoms. The molecule has 1 aliphatic heterocycles. The number of likely N-dealkylation sites (tertiary alicyclic amines) is 1. The number of carboxylic acid groups (broad SMARTS) is 1. The second-order valence-corrected chi connectivity index (χ2v) is 6.53. The van der Waals surface area contributed by atoms with Crippen molar-refractivity contribution in [1.29, 1.82) is 0 Å². The number of aryl methyl sites for hydroxylation is 1. The van der Waals surface area contributed by atoms with Gasteiger partial charge in [-0.3, -0.25) is 9.69 Å². The van der Waals surface area contributed by atoms with Crippen LogP contribution in [0.5, 0.6) is 0 Å². The molecule has 2 unspecified atom stereocenters. The number of aliphatic carboxylic acids is 1. The summed E-state index contributed by atoms with van der Waals surface area (Å²) in [5.74, 6) is -0.0692. The van der Waals surface area contributed by atoms with Crippen LogP contribution in [0, 0.1) is 0 Å². The van der Waals surface area contributed by atoms with Crippen molar-refractivity contribution in [2.45, 2.75) is 56.9 Å². The number of hydrogen-bond acceptors (Lipinski definition) is 2. The van der Waals surface area contributed by atoms with Gasteiger partial charge in [0.25, 0.3) is 0 Å². The van der Waals surface area contributed by atoms with Gasteiger partial charge in [-0.2, -0.15) is 0 Å². The monoisotopic (exact) mass is 287 g/mol. The van der Waals surface area contributed by atoms with Crippen molar-refractivity contribution in [1.82, 2.24) is 4.90 Å². The van der Waals surface area contributed by atoms with E-state index in [0.29, 0.717) is 12.3 Å². The minimum Gasteiger partial charge on any atom is -0.481 e. The van der Waals surface area contributed by atoms with E-state index in [1.807, 2.05) is 0 Å². The summed E-state index contributed by atoms with van der Waals surface area (Å²) in [4.78, 5) is 13.5. The summed E-state index contributed by atoms with van der Waals surface area (Å²) in [5.41, 5.74) is 3.00. The average Bonchev–Trinajstić information content (AvgIpc) is 2.49. The SMILES string of the molecule is O=C(O)CC1CCCCN1CC1CCCc2ccccc21. The van der Waals surface area contributed by atoms with Crippen molar-refractivity contribution in [3.63, 3.8) is 0 Å². The zero-order chi connectivity index (χ0) is 14.7. The first-order valence-electron chi connectivity index (χ1n) is 8.27. The number of benzene rings is 1. The molecule has 1 aromatic carbocycles. The lowest BCUT2D eigenvalue weighted by molar-refractivity contribution is -0.138. The number of hydrogen-bond donors (Lipinski definition) is 1. The molecule has 2 atom stereocenters. The van der Waals surface area contributed by atoms with Crippen LogP contribution in [0.4, 0.5) is 0 Å². The van der Waals surface area contributed by atoms with Gasteiger partial charge >= 0.3 is 5.97 Å². The van der Waals surface area contributed by atoms with Gasteiger partial charge in [0.15, 0.2) is 0 Å². The van der Waals surface area contributed by atoms with Gasteiger partial charge in [0, 0.05) is 12.6 Å². The second kappa shape index (κ2) is 6.61. The number of nitrogens with zero attached hydrogens (tertiary/aromatic N) is 1. The molecular weight excluding hydrogens is 262 g/mol. The van der Waals surface area contributed by atoms with Gasteiger partial charge in [-0.1, -0.05) is 30.7 Å². The lowest BCUT2D eigenvalue weighted by atomic mass is 9.82. The minimum atomic E-state index is -0.657. The van der Waals surface area contributed by atoms with Crippen molar-refractivity contribution in [3.05, 3.63) is 35.4 Å². The summed E-state index contributed by atoms with van der Waals surface area (Å²) >= 11 is 0. The van der Waals surface area contributed by atoms with Crippen LogP contribution in [0.25, 0.3) is 0 Å². The summed E-state index contributed by atoms with van der Waals surface area (Å²) in [6, 6.07) is 9.05. The highest BCUT2D eigenvalue weighted by atomic mass is 16.4. The topological polar surface area (TPSA) is 40.5 Å². The lowest BCUT2D eigenvalue weighted by Crippen LogP contribution is -2.43. The van der Waals surface area contributed by atoms with Crippen LogP contribution in [-0.4, -0.2) is 35.1 Å². The fourth-order valence-corrected chi connectivity index (χ4v) is 4.06. The maximum absolute atomic E-state index is 11.1. The number of carboxylic acids is 1. The molecule has 1 saturated heterocycles. The molecule has 3 rings (SSSR count). The van der Waals surface area contributed by atoms with Crippen molar-refractivity contribution in [2.75, 3.05) is 13.1 Å². The highest BCUT2D eigenvalue weighted by Crippen LogP contribution is 2.33. The molecule has 0 radical (unpaired) electrons. The lowest BCUT2D eigenvalue weighted by Gasteiger charge is -2.38. The minimum absolute atomic E-state index is 0.241. The van der Waals surface area contributed by atoms with Crippen molar-refractivity contribution < 1.29 is 9.90 Å². The van der Waals surface area contributed by atoms with Crippen molar-refractivity contribution >= 4 is 5.97 Å². The van der Waals surface area contributed by atoms with Crippen LogP contribution in [0.2, 0.25) is 0 Å². The number of fused-ring (bicyclic) bond motifs is 1. The third-order valence-electron chi connectivity index (χ3n) is 5.11. The molecule has 1 N–H and O–H groups in total. The average molecular weight is 287 g/mol. The molecule has 0 saturated carbocycles. The van der Waals surface area contributed by atoms with E-state index < -0.39 is 5.97 Å².